The summed E-state index contributed by atoms with van der Waals surface area (Å²) in [5.41, 5.74) is 7.96. The van der Waals surface area contributed by atoms with Gasteiger partial charge in [0, 0.05) is 17.2 Å². The Morgan fingerprint density at radius 1 is 0.950 bits per heavy atom. The summed E-state index contributed by atoms with van der Waals surface area (Å²) < 4.78 is 4.32. The monoisotopic (exact) mass is 282 g/mol. The minimum atomic E-state index is 0.481. The Morgan fingerprint density at radius 3 is 2.20 bits per heavy atom. The number of benzene rings is 2. The average Bonchev–Trinajstić information content (AvgIpc) is 2.93. The zero-order chi connectivity index (χ0) is 13.8. The van der Waals surface area contributed by atoms with Gasteiger partial charge in [-0.1, -0.05) is 48.5 Å². The van der Waals surface area contributed by atoms with Gasteiger partial charge in [0.25, 0.3) is 0 Å². The zero-order valence-corrected chi connectivity index (χ0v) is 11.6. The van der Waals surface area contributed by atoms with Crippen molar-refractivity contribution in [3.63, 3.8) is 0 Å². The zero-order valence-electron chi connectivity index (χ0n) is 10.8. The van der Waals surface area contributed by atoms with Gasteiger partial charge in [0.05, 0.1) is 6.54 Å². The predicted octanol–water partition coefficient (Wildman–Crippen LogP) is 3.46. The van der Waals surface area contributed by atoms with E-state index in [1.165, 1.54) is 17.1 Å². The highest BCUT2D eigenvalue weighted by Crippen LogP contribution is 2.26. The lowest BCUT2D eigenvalue weighted by Crippen LogP contribution is -2.17. The molecule has 5 heteroatoms. The smallest absolute Gasteiger partial charge is 0.243 e. The SMILES string of the molecule is Nc1nc(N(Cc2ccccc2)c2ccccc2)ns1. The van der Waals surface area contributed by atoms with Crippen LogP contribution in [-0.2, 0) is 6.54 Å². The third-order valence-corrected chi connectivity index (χ3v) is 3.46. The van der Waals surface area contributed by atoms with E-state index in [-0.39, 0.29) is 0 Å². The largest absolute Gasteiger partial charge is 0.374 e. The van der Waals surface area contributed by atoms with Crippen LogP contribution in [0.3, 0.4) is 0 Å². The molecule has 0 bridgehead atoms. The lowest BCUT2D eigenvalue weighted by molar-refractivity contribution is 0.934. The van der Waals surface area contributed by atoms with Crippen molar-refractivity contribution < 1.29 is 0 Å². The van der Waals surface area contributed by atoms with Crippen LogP contribution in [0.4, 0.5) is 16.8 Å². The fraction of sp³-hybridized carbons (Fsp3) is 0.0667. The van der Waals surface area contributed by atoms with Gasteiger partial charge in [0.15, 0.2) is 0 Å². The van der Waals surface area contributed by atoms with Crippen molar-refractivity contribution >= 4 is 28.3 Å². The maximum absolute atomic E-state index is 5.71. The Bertz CT molecular complexity index is 667. The number of nitrogens with two attached hydrogens (primary N) is 1. The maximum atomic E-state index is 5.71. The summed E-state index contributed by atoms with van der Waals surface area (Å²) in [7, 11) is 0. The molecule has 0 spiro atoms. The molecule has 0 atom stereocenters. The van der Waals surface area contributed by atoms with Crippen molar-refractivity contribution in [3.05, 3.63) is 66.2 Å². The first-order valence-electron chi connectivity index (χ1n) is 6.28. The third-order valence-electron chi connectivity index (χ3n) is 2.92. The van der Waals surface area contributed by atoms with Gasteiger partial charge in [-0.2, -0.15) is 9.36 Å². The summed E-state index contributed by atoms with van der Waals surface area (Å²) in [6.45, 7) is 0.709. The van der Waals surface area contributed by atoms with Gasteiger partial charge in [-0.15, -0.1) is 0 Å². The van der Waals surface area contributed by atoms with Crippen molar-refractivity contribution in [1.29, 1.82) is 0 Å². The van der Waals surface area contributed by atoms with E-state index >= 15 is 0 Å². The second-order valence-electron chi connectivity index (χ2n) is 4.34. The van der Waals surface area contributed by atoms with E-state index < -0.39 is 0 Å². The van der Waals surface area contributed by atoms with Gasteiger partial charge in [0.2, 0.25) is 11.1 Å². The Kier molecular flexibility index (Phi) is 3.60. The second-order valence-corrected chi connectivity index (χ2v) is 5.12. The molecule has 0 unspecified atom stereocenters. The number of hydrogen-bond acceptors (Lipinski definition) is 5. The molecule has 0 saturated carbocycles. The quantitative estimate of drug-likeness (QED) is 0.796. The van der Waals surface area contributed by atoms with E-state index in [9.17, 15) is 0 Å². The molecule has 20 heavy (non-hydrogen) atoms. The molecule has 0 radical (unpaired) electrons. The van der Waals surface area contributed by atoms with E-state index in [0.717, 1.165) is 5.69 Å². The highest BCUT2D eigenvalue weighted by molar-refractivity contribution is 7.09. The van der Waals surface area contributed by atoms with Gasteiger partial charge >= 0.3 is 0 Å². The Hall–Kier alpha value is -2.40. The van der Waals surface area contributed by atoms with Crippen LogP contribution in [0.2, 0.25) is 0 Å². The van der Waals surface area contributed by atoms with E-state index in [1.807, 2.05) is 48.5 Å². The highest BCUT2D eigenvalue weighted by atomic mass is 32.1. The highest BCUT2D eigenvalue weighted by Gasteiger charge is 2.14. The number of anilines is 3. The lowest BCUT2D eigenvalue weighted by Gasteiger charge is -2.21. The van der Waals surface area contributed by atoms with Gasteiger partial charge in [-0.25, -0.2) is 0 Å². The molecule has 4 nitrogen and oxygen atoms in total. The molecule has 100 valence electrons. The van der Waals surface area contributed by atoms with Crippen LogP contribution in [0.5, 0.6) is 0 Å². The fourth-order valence-corrected chi connectivity index (χ4v) is 2.43. The summed E-state index contributed by atoms with van der Waals surface area (Å²) in [5, 5.41) is 0.481. The minimum Gasteiger partial charge on any atom is -0.374 e. The first-order chi connectivity index (χ1) is 9.83. The molecule has 3 rings (SSSR count). The van der Waals surface area contributed by atoms with Crippen LogP contribution in [0, 0.1) is 0 Å². The van der Waals surface area contributed by atoms with Crippen molar-refractivity contribution in [2.24, 2.45) is 0 Å². The molecule has 2 aromatic carbocycles. The predicted molar refractivity (Wildman–Crippen MR) is 83.0 cm³/mol. The first-order valence-corrected chi connectivity index (χ1v) is 7.06. The van der Waals surface area contributed by atoms with Crippen LogP contribution in [0.15, 0.2) is 60.7 Å². The number of nitrogens with zero attached hydrogens (tertiary/aromatic N) is 3. The molecule has 0 aliphatic rings. The van der Waals surface area contributed by atoms with Crippen LogP contribution in [0.1, 0.15) is 5.56 Å². The number of aromatic nitrogens is 2. The van der Waals surface area contributed by atoms with E-state index in [0.29, 0.717) is 17.6 Å². The standard InChI is InChI=1S/C15H14N4S/c16-14-17-15(18-20-14)19(13-9-5-2-6-10-13)11-12-7-3-1-4-8-12/h1-10H,11H2,(H2,16,17,18). The average molecular weight is 282 g/mol. The van der Waals surface area contributed by atoms with E-state index in [4.69, 9.17) is 5.73 Å². The molecule has 1 aromatic heterocycles. The molecular formula is C15H14N4S. The van der Waals surface area contributed by atoms with Gasteiger partial charge in [-0.05, 0) is 17.7 Å². The van der Waals surface area contributed by atoms with Gasteiger partial charge in [0.1, 0.15) is 0 Å². The Balaban J connectivity index is 1.96. The van der Waals surface area contributed by atoms with Gasteiger partial charge < -0.3 is 10.6 Å². The summed E-state index contributed by atoms with van der Waals surface area (Å²) >= 11 is 1.21. The molecule has 0 aliphatic heterocycles. The lowest BCUT2D eigenvalue weighted by atomic mass is 10.2. The van der Waals surface area contributed by atoms with Crippen molar-refractivity contribution in [1.82, 2.24) is 9.36 Å². The molecule has 1 heterocycles. The first kappa shape index (κ1) is 12.6. The Morgan fingerprint density at radius 2 is 1.60 bits per heavy atom. The molecule has 0 saturated heterocycles. The molecular weight excluding hydrogens is 268 g/mol. The van der Waals surface area contributed by atoms with E-state index in [2.05, 4.69) is 26.4 Å². The number of hydrogen-bond donors (Lipinski definition) is 1. The summed E-state index contributed by atoms with van der Waals surface area (Å²) in [4.78, 5) is 6.35. The summed E-state index contributed by atoms with van der Waals surface area (Å²) in [6, 6.07) is 20.3. The maximum Gasteiger partial charge on any atom is 0.243 e. The summed E-state index contributed by atoms with van der Waals surface area (Å²) in [6.07, 6.45) is 0. The molecule has 2 N–H and O–H groups in total. The Labute approximate surface area is 121 Å². The fourth-order valence-electron chi connectivity index (χ4n) is 1.99. The second kappa shape index (κ2) is 5.71. The molecule has 0 fully saturated rings. The number of rotatable bonds is 4. The van der Waals surface area contributed by atoms with Crippen LogP contribution in [-0.4, -0.2) is 9.36 Å². The number of para-hydroxylation sites is 1. The topological polar surface area (TPSA) is 55.0 Å². The normalized spacial score (nSPS) is 10.4. The van der Waals surface area contributed by atoms with Gasteiger partial charge in [-0.3, -0.25) is 0 Å². The third kappa shape index (κ3) is 2.78. The molecule has 0 aliphatic carbocycles. The van der Waals surface area contributed by atoms with Crippen molar-refractivity contribution in [3.8, 4) is 0 Å². The molecule has 3 aromatic rings. The van der Waals surface area contributed by atoms with Crippen LogP contribution in [0.25, 0.3) is 0 Å². The van der Waals surface area contributed by atoms with Crippen molar-refractivity contribution in [2.45, 2.75) is 6.54 Å². The minimum absolute atomic E-state index is 0.481. The van der Waals surface area contributed by atoms with Crippen molar-refractivity contribution in [2.75, 3.05) is 10.6 Å². The van der Waals surface area contributed by atoms with E-state index in [1.54, 1.807) is 0 Å². The molecule has 0 amide bonds. The van der Waals surface area contributed by atoms with Crippen LogP contribution < -0.4 is 10.6 Å². The number of nitrogen functional groups attached to an aromatic ring is 1. The summed E-state index contributed by atoms with van der Waals surface area (Å²) in [5.74, 6) is 0.641. The van der Waals surface area contributed by atoms with Crippen LogP contribution >= 0.6 is 11.5 Å².